The molecule has 2 N–H and O–H groups in total. The van der Waals surface area contributed by atoms with E-state index in [1.165, 1.54) is 38.9 Å². The lowest BCUT2D eigenvalue weighted by Gasteiger charge is -2.09. The summed E-state index contributed by atoms with van der Waals surface area (Å²) in [6.07, 6.45) is 0. The van der Waals surface area contributed by atoms with Gasteiger partial charge in [-0.05, 0) is 63.1 Å². The Balaban J connectivity index is 1.44. The third-order valence-electron chi connectivity index (χ3n) is 5.61. The van der Waals surface area contributed by atoms with Crippen LogP contribution >= 0.6 is 23.1 Å². The van der Waals surface area contributed by atoms with Crippen LogP contribution in [0, 0.1) is 20.8 Å². The second-order valence-corrected chi connectivity index (χ2v) is 10.5. The molecule has 0 saturated heterocycles. The van der Waals surface area contributed by atoms with Crippen LogP contribution in [0.5, 0.6) is 0 Å². The van der Waals surface area contributed by atoms with Gasteiger partial charge in [-0.3, -0.25) is 14.3 Å². The van der Waals surface area contributed by atoms with Gasteiger partial charge in [0, 0.05) is 12.7 Å². The normalized spacial score (nSPS) is 11.9. The van der Waals surface area contributed by atoms with Crippen LogP contribution in [-0.4, -0.2) is 30.7 Å². The molecule has 1 atom stereocenters. The fourth-order valence-electron chi connectivity index (χ4n) is 3.39. The van der Waals surface area contributed by atoms with Crippen LogP contribution in [0.4, 0.5) is 16.5 Å². The fraction of sp³-hybridized carbons (Fsp3) is 0.250. The maximum atomic E-state index is 13.0. The number of thioether (sulfide) groups is 1. The van der Waals surface area contributed by atoms with Crippen molar-refractivity contribution in [1.82, 2.24) is 19.6 Å². The lowest BCUT2D eigenvalue weighted by molar-refractivity contribution is -0.115. The Bertz CT molecular complexity index is 1390. The minimum Gasteiger partial charge on any atom is -0.330 e. The van der Waals surface area contributed by atoms with Crippen molar-refractivity contribution in [2.45, 2.75) is 37.3 Å². The van der Waals surface area contributed by atoms with Crippen molar-refractivity contribution in [2.24, 2.45) is 7.05 Å². The topological polar surface area (TPSA) is 93.8 Å². The van der Waals surface area contributed by atoms with Gasteiger partial charge in [-0.15, -0.1) is 10.2 Å². The first-order valence-electron chi connectivity index (χ1n) is 10.7. The molecule has 176 valence electrons. The molecule has 4 aromatic rings. The van der Waals surface area contributed by atoms with E-state index in [4.69, 9.17) is 0 Å². The Hall–Kier alpha value is -3.37. The molecular formula is C24H26N6O2S2. The summed E-state index contributed by atoms with van der Waals surface area (Å²) >= 11 is 2.68. The number of nitrogens with one attached hydrogen (secondary N) is 2. The minimum absolute atomic E-state index is 0.269. The summed E-state index contributed by atoms with van der Waals surface area (Å²) in [5.41, 5.74) is 4.77. The zero-order chi connectivity index (χ0) is 24.4. The monoisotopic (exact) mass is 494 g/mol. The molecule has 0 aliphatic carbocycles. The number of nitrogens with zero attached hydrogens (tertiary/aromatic N) is 4. The first-order valence-corrected chi connectivity index (χ1v) is 12.4. The molecular weight excluding hydrogens is 468 g/mol. The van der Waals surface area contributed by atoms with Gasteiger partial charge in [0.25, 0.3) is 5.56 Å². The number of rotatable bonds is 7. The number of aromatic nitrogens is 4. The van der Waals surface area contributed by atoms with E-state index in [-0.39, 0.29) is 17.2 Å². The van der Waals surface area contributed by atoms with E-state index < -0.39 is 5.25 Å². The van der Waals surface area contributed by atoms with Gasteiger partial charge < -0.3 is 10.6 Å². The molecule has 4 rings (SSSR count). The van der Waals surface area contributed by atoms with Crippen LogP contribution in [0.1, 0.15) is 23.7 Å². The van der Waals surface area contributed by atoms with Crippen molar-refractivity contribution in [2.75, 3.05) is 10.6 Å². The Labute approximate surface area is 206 Å². The van der Waals surface area contributed by atoms with Gasteiger partial charge in [0.15, 0.2) is 4.34 Å². The predicted molar refractivity (Wildman–Crippen MR) is 139 cm³/mol. The van der Waals surface area contributed by atoms with Crippen LogP contribution in [0.2, 0.25) is 0 Å². The van der Waals surface area contributed by atoms with E-state index in [0.717, 1.165) is 11.4 Å². The van der Waals surface area contributed by atoms with Gasteiger partial charge in [-0.25, -0.2) is 4.68 Å². The first-order chi connectivity index (χ1) is 16.2. The molecule has 0 spiro atoms. The zero-order valence-electron chi connectivity index (χ0n) is 19.6. The quantitative estimate of drug-likeness (QED) is 0.358. The highest BCUT2D eigenvalue weighted by molar-refractivity contribution is 8.02. The average Bonchev–Trinajstić information content (AvgIpc) is 3.34. The largest absolute Gasteiger partial charge is 0.330 e. The molecule has 0 fully saturated rings. The molecule has 0 saturated carbocycles. The van der Waals surface area contributed by atoms with Crippen LogP contribution in [0.15, 0.2) is 57.7 Å². The number of amides is 1. The molecule has 2 heterocycles. The molecule has 0 radical (unpaired) electrons. The second kappa shape index (κ2) is 9.86. The lowest BCUT2D eigenvalue weighted by Crippen LogP contribution is -2.27. The summed E-state index contributed by atoms with van der Waals surface area (Å²) in [6.45, 7) is 7.72. The smallest absolute Gasteiger partial charge is 0.295 e. The van der Waals surface area contributed by atoms with Crippen LogP contribution in [-0.2, 0) is 11.8 Å². The maximum Gasteiger partial charge on any atom is 0.295 e. The average molecular weight is 495 g/mol. The van der Waals surface area contributed by atoms with Crippen LogP contribution < -0.4 is 16.2 Å². The van der Waals surface area contributed by atoms with Crippen LogP contribution in [0.25, 0.3) is 5.69 Å². The number of hydrogen-bond acceptors (Lipinski definition) is 7. The molecule has 0 aliphatic heterocycles. The Morgan fingerprint density at radius 3 is 2.50 bits per heavy atom. The highest BCUT2D eigenvalue weighted by Crippen LogP contribution is 2.31. The number of hydrogen-bond donors (Lipinski definition) is 2. The molecule has 0 aliphatic rings. The van der Waals surface area contributed by atoms with E-state index in [2.05, 4.69) is 46.8 Å². The summed E-state index contributed by atoms with van der Waals surface area (Å²) in [6, 6.07) is 15.4. The number of carbonyl (C=O) groups excluding carboxylic acids is 1. The molecule has 10 heteroatoms. The molecule has 0 bridgehead atoms. The number of carbonyl (C=O) groups is 1. The van der Waals surface area contributed by atoms with Gasteiger partial charge in [0.2, 0.25) is 11.0 Å². The van der Waals surface area contributed by atoms with E-state index in [0.29, 0.717) is 15.2 Å². The summed E-state index contributed by atoms with van der Waals surface area (Å²) in [4.78, 5) is 25.9. The van der Waals surface area contributed by atoms with Crippen molar-refractivity contribution in [3.05, 3.63) is 75.7 Å². The minimum atomic E-state index is -0.466. The number of anilines is 3. The lowest BCUT2D eigenvalue weighted by atomic mass is 10.1. The predicted octanol–water partition coefficient (Wildman–Crippen LogP) is 4.82. The molecule has 8 nitrogen and oxygen atoms in total. The van der Waals surface area contributed by atoms with E-state index in [1.807, 2.05) is 43.3 Å². The van der Waals surface area contributed by atoms with Crippen molar-refractivity contribution in [3.8, 4) is 5.69 Å². The van der Waals surface area contributed by atoms with Crippen LogP contribution in [0.3, 0.4) is 0 Å². The van der Waals surface area contributed by atoms with Gasteiger partial charge in [0.05, 0.1) is 16.6 Å². The van der Waals surface area contributed by atoms with Crippen molar-refractivity contribution in [3.63, 3.8) is 0 Å². The Kier molecular flexibility index (Phi) is 6.90. The van der Waals surface area contributed by atoms with E-state index >= 15 is 0 Å². The molecule has 2 aromatic carbocycles. The van der Waals surface area contributed by atoms with Gasteiger partial charge >= 0.3 is 0 Å². The highest BCUT2D eigenvalue weighted by Gasteiger charge is 2.22. The molecule has 1 amide bonds. The number of para-hydroxylation sites is 1. The van der Waals surface area contributed by atoms with Gasteiger partial charge in [-0.1, -0.05) is 47.4 Å². The van der Waals surface area contributed by atoms with Crippen molar-refractivity contribution >= 4 is 45.5 Å². The zero-order valence-corrected chi connectivity index (χ0v) is 21.3. The third kappa shape index (κ3) is 4.92. The van der Waals surface area contributed by atoms with E-state index in [1.54, 1.807) is 18.7 Å². The van der Waals surface area contributed by atoms with Gasteiger partial charge in [0.1, 0.15) is 5.69 Å². The van der Waals surface area contributed by atoms with E-state index in [9.17, 15) is 9.59 Å². The second-order valence-electron chi connectivity index (χ2n) is 7.98. The Morgan fingerprint density at radius 1 is 1.06 bits per heavy atom. The molecule has 1 unspecified atom stereocenters. The van der Waals surface area contributed by atoms with Crippen molar-refractivity contribution in [1.29, 1.82) is 0 Å². The molecule has 2 aromatic heterocycles. The van der Waals surface area contributed by atoms with Gasteiger partial charge in [-0.2, -0.15) is 0 Å². The number of aryl methyl sites for hydroxylation is 2. The summed E-state index contributed by atoms with van der Waals surface area (Å²) in [7, 11) is 1.79. The summed E-state index contributed by atoms with van der Waals surface area (Å²) < 4.78 is 3.94. The highest BCUT2D eigenvalue weighted by atomic mass is 32.2. The summed E-state index contributed by atoms with van der Waals surface area (Å²) in [5, 5.41) is 14.6. The Morgan fingerprint density at radius 2 is 1.79 bits per heavy atom. The standard InChI is InChI=1S/C24H26N6O2S2/c1-14-11-12-18(13-15(14)2)25-23-27-28-24(34-23)33-17(4)21(31)26-20-16(3)29(5)30(22(20)32)19-9-7-6-8-10-19/h6-13,17H,1-5H3,(H,25,27)(H,26,31). The summed E-state index contributed by atoms with van der Waals surface area (Å²) in [5.74, 6) is -0.269. The molecule has 34 heavy (non-hydrogen) atoms. The third-order valence-corrected chi connectivity index (χ3v) is 7.64. The SMILES string of the molecule is Cc1ccc(Nc2nnc(SC(C)C(=O)Nc3c(C)n(C)n(-c4ccccc4)c3=O)s2)cc1C. The van der Waals surface area contributed by atoms with Crippen molar-refractivity contribution < 1.29 is 4.79 Å². The number of benzene rings is 2. The first kappa shape index (κ1) is 23.8. The fourth-order valence-corrected chi connectivity index (χ4v) is 5.31. The maximum absolute atomic E-state index is 13.0.